The van der Waals surface area contributed by atoms with Crippen molar-refractivity contribution < 1.29 is 19.1 Å². The van der Waals surface area contributed by atoms with Crippen LogP contribution in [-0.4, -0.2) is 16.8 Å². The molecule has 0 spiro atoms. The predicted molar refractivity (Wildman–Crippen MR) is 104 cm³/mol. The van der Waals surface area contributed by atoms with Crippen molar-refractivity contribution >= 4 is 40.6 Å². The van der Waals surface area contributed by atoms with Crippen molar-refractivity contribution in [3.8, 4) is 11.1 Å². The number of nitrogens with zero attached hydrogens (tertiary/aromatic N) is 1. The molecule has 4 nitrogen and oxygen atoms in total. The number of hydrogen-bond donors (Lipinski definition) is 1. The van der Waals surface area contributed by atoms with E-state index in [0.717, 1.165) is 24.2 Å². The quantitative estimate of drug-likeness (QED) is 0.712. The lowest BCUT2D eigenvalue weighted by molar-refractivity contribution is -0.122. The van der Waals surface area contributed by atoms with Gasteiger partial charge in [0.2, 0.25) is 0 Å². The predicted octanol–water partition coefficient (Wildman–Crippen LogP) is 5.38. The Kier molecular flexibility index (Phi) is 3.83. The molecule has 3 aliphatic rings. The molecule has 0 aromatic heterocycles. The fraction of sp³-hybridized carbons (Fsp3) is 0.238. The number of carbonyl (C=O) groups is 2. The van der Waals surface area contributed by atoms with Gasteiger partial charge in [-0.15, -0.1) is 0 Å². The average molecular weight is 418 g/mol. The smallest absolute Gasteiger partial charge is 0.294 e. The largest absolute Gasteiger partial charge is 0.503 e. The lowest BCUT2D eigenvalue weighted by Gasteiger charge is -2.36. The number of ketones is 1. The highest BCUT2D eigenvalue weighted by Crippen LogP contribution is 2.54. The maximum atomic E-state index is 15.0. The van der Waals surface area contributed by atoms with E-state index < -0.39 is 23.5 Å². The lowest BCUT2D eigenvalue weighted by Crippen LogP contribution is -2.36. The Labute approximate surface area is 170 Å². The minimum absolute atomic E-state index is 0.0308. The molecular formula is C21H14Cl2FNO3. The van der Waals surface area contributed by atoms with Crippen molar-refractivity contribution in [2.45, 2.75) is 25.3 Å². The van der Waals surface area contributed by atoms with E-state index in [9.17, 15) is 14.7 Å². The van der Waals surface area contributed by atoms with Crippen LogP contribution in [0.5, 0.6) is 0 Å². The van der Waals surface area contributed by atoms with Gasteiger partial charge in [-0.05, 0) is 42.2 Å². The van der Waals surface area contributed by atoms with E-state index in [-0.39, 0.29) is 28.0 Å². The number of amides is 1. The molecule has 1 atom stereocenters. The van der Waals surface area contributed by atoms with Gasteiger partial charge in [0.25, 0.3) is 5.91 Å². The summed E-state index contributed by atoms with van der Waals surface area (Å²) in [5.74, 6) is -2.65. The number of Topliss-reactive ketones (excluding diaryl/α,β-unsaturated/α-hetero) is 1. The third-order valence-electron chi connectivity index (χ3n) is 5.86. The van der Waals surface area contributed by atoms with Crippen LogP contribution in [0.1, 0.15) is 30.9 Å². The fourth-order valence-corrected chi connectivity index (χ4v) is 4.59. The Bertz CT molecular complexity index is 1110. The molecule has 1 saturated carbocycles. The first kappa shape index (κ1) is 17.7. The van der Waals surface area contributed by atoms with E-state index in [4.69, 9.17) is 23.2 Å². The summed E-state index contributed by atoms with van der Waals surface area (Å²) in [6.07, 6.45) is 2.38. The first-order valence-electron chi connectivity index (χ1n) is 8.99. The molecule has 2 aromatic rings. The summed E-state index contributed by atoms with van der Waals surface area (Å²) in [5.41, 5.74) is 1.66. The highest BCUT2D eigenvalue weighted by atomic mass is 35.5. The summed E-state index contributed by atoms with van der Waals surface area (Å²) in [4.78, 5) is 27.1. The molecule has 5 rings (SSSR count). The molecule has 2 aromatic carbocycles. The zero-order chi connectivity index (χ0) is 19.7. The van der Waals surface area contributed by atoms with Gasteiger partial charge in [0.1, 0.15) is 0 Å². The Morgan fingerprint density at radius 2 is 1.89 bits per heavy atom. The summed E-state index contributed by atoms with van der Waals surface area (Å²) in [6.45, 7) is 0. The number of aliphatic hydroxyl groups is 1. The van der Waals surface area contributed by atoms with Crippen LogP contribution in [0.3, 0.4) is 0 Å². The van der Waals surface area contributed by atoms with Crippen LogP contribution in [-0.2, 0) is 9.59 Å². The molecule has 1 N–H and O–H groups in total. The Hall–Kier alpha value is -2.37. The fourth-order valence-electron chi connectivity index (χ4n) is 4.27. The van der Waals surface area contributed by atoms with Gasteiger partial charge in [-0.2, -0.15) is 0 Å². The summed E-state index contributed by atoms with van der Waals surface area (Å²) in [5, 5.41) is 10.9. The third-order valence-corrected chi connectivity index (χ3v) is 6.39. The van der Waals surface area contributed by atoms with E-state index in [0.29, 0.717) is 21.7 Å². The molecule has 1 fully saturated rings. The Balaban J connectivity index is 1.79. The number of benzene rings is 2. The highest BCUT2D eigenvalue weighted by Gasteiger charge is 2.50. The van der Waals surface area contributed by atoms with Crippen LogP contribution in [0.15, 0.2) is 41.7 Å². The van der Waals surface area contributed by atoms with Crippen LogP contribution in [0, 0.1) is 11.7 Å². The van der Waals surface area contributed by atoms with Crippen molar-refractivity contribution in [1.29, 1.82) is 0 Å². The molecule has 1 amide bonds. The van der Waals surface area contributed by atoms with E-state index in [1.54, 1.807) is 24.3 Å². The summed E-state index contributed by atoms with van der Waals surface area (Å²) >= 11 is 12.1. The molecule has 28 heavy (non-hydrogen) atoms. The number of rotatable bonds is 2. The Morgan fingerprint density at radius 3 is 2.57 bits per heavy atom. The number of anilines is 1. The van der Waals surface area contributed by atoms with Crippen LogP contribution in [0.25, 0.3) is 11.1 Å². The number of aliphatic hydroxyl groups excluding tert-OH is 1. The van der Waals surface area contributed by atoms with Gasteiger partial charge in [-0.3, -0.25) is 14.5 Å². The van der Waals surface area contributed by atoms with Crippen LogP contribution < -0.4 is 4.90 Å². The second-order valence-electron chi connectivity index (χ2n) is 7.32. The summed E-state index contributed by atoms with van der Waals surface area (Å²) in [6, 6.07) is 7.17. The minimum Gasteiger partial charge on any atom is -0.503 e. The molecule has 142 valence electrons. The topological polar surface area (TPSA) is 57.6 Å². The highest BCUT2D eigenvalue weighted by molar-refractivity contribution is 6.32. The molecule has 2 heterocycles. The van der Waals surface area contributed by atoms with Crippen LogP contribution in [0.4, 0.5) is 10.1 Å². The molecule has 0 saturated heterocycles. The first-order chi connectivity index (χ1) is 13.4. The maximum Gasteiger partial charge on any atom is 0.294 e. The van der Waals surface area contributed by atoms with Crippen LogP contribution >= 0.6 is 23.2 Å². The molecule has 0 bridgehead atoms. The number of hydrogen-bond acceptors (Lipinski definition) is 3. The molecule has 1 unspecified atom stereocenters. The first-order valence-corrected chi connectivity index (χ1v) is 9.74. The number of carbonyl (C=O) groups excluding carboxylic acids is 2. The standard InChI is InChI=1S/C21H14Cl2FNO3/c22-10-4-5-11-13(8-10)12-6-7-14(23)16(24)18(12)25-17(11)15(20(27)21(25)28)19(26)9-2-1-3-9/h4-9,17,27H,1-3H2. The van der Waals surface area contributed by atoms with Gasteiger partial charge in [0.15, 0.2) is 17.4 Å². The van der Waals surface area contributed by atoms with Crippen molar-refractivity contribution in [2.24, 2.45) is 5.92 Å². The van der Waals surface area contributed by atoms with Gasteiger partial charge in [0, 0.05) is 16.5 Å². The van der Waals surface area contributed by atoms with Crippen molar-refractivity contribution in [1.82, 2.24) is 0 Å². The van der Waals surface area contributed by atoms with Crippen molar-refractivity contribution in [3.63, 3.8) is 0 Å². The molecular weight excluding hydrogens is 404 g/mol. The lowest BCUT2D eigenvalue weighted by atomic mass is 9.76. The zero-order valence-electron chi connectivity index (χ0n) is 14.5. The van der Waals surface area contributed by atoms with Crippen molar-refractivity contribution in [2.75, 3.05) is 4.90 Å². The summed E-state index contributed by atoms with van der Waals surface area (Å²) < 4.78 is 15.0. The van der Waals surface area contributed by atoms with Gasteiger partial charge in [-0.25, -0.2) is 4.39 Å². The minimum atomic E-state index is -0.895. The zero-order valence-corrected chi connectivity index (χ0v) is 16.0. The van der Waals surface area contributed by atoms with Gasteiger partial charge in [-0.1, -0.05) is 41.8 Å². The van der Waals surface area contributed by atoms with E-state index in [2.05, 4.69) is 0 Å². The molecule has 1 aliphatic carbocycles. The van der Waals surface area contributed by atoms with E-state index >= 15 is 4.39 Å². The number of halogens is 3. The van der Waals surface area contributed by atoms with E-state index in [1.165, 1.54) is 6.07 Å². The monoisotopic (exact) mass is 417 g/mol. The molecule has 0 radical (unpaired) electrons. The average Bonchev–Trinajstić information content (AvgIpc) is 2.88. The Morgan fingerprint density at radius 1 is 1.14 bits per heavy atom. The third kappa shape index (κ3) is 2.23. The number of fused-ring (bicyclic) bond motifs is 6. The summed E-state index contributed by atoms with van der Waals surface area (Å²) in [7, 11) is 0. The second-order valence-corrected chi connectivity index (χ2v) is 8.16. The van der Waals surface area contributed by atoms with Gasteiger partial charge >= 0.3 is 0 Å². The van der Waals surface area contributed by atoms with Crippen LogP contribution in [0.2, 0.25) is 10.0 Å². The van der Waals surface area contributed by atoms with E-state index in [1.807, 2.05) is 0 Å². The normalized spacial score (nSPS) is 20.6. The maximum absolute atomic E-state index is 15.0. The van der Waals surface area contributed by atoms with Gasteiger partial charge in [0.05, 0.1) is 22.3 Å². The molecule has 7 heteroatoms. The van der Waals surface area contributed by atoms with Crippen molar-refractivity contribution in [3.05, 3.63) is 63.1 Å². The molecule has 2 aliphatic heterocycles. The van der Waals surface area contributed by atoms with Gasteiger partial charge < -0.3 is 5.11 Å². The SMILES string of the molecule is O=C(C1=C(O)C(=O)N2c3c(ccc(Cl)c3F)-c3cc(Cl)ccc3C12)C1CCC1. The second kappa shape index (κ2) is 6.06.